The zero-order valence-electron chi connectivity index (χ0n) is 11.0. The number of nitrogen functional groups attached to an aromatic ring is 1. The molecule has 0 saturated heterocycles. The minimum absolute atomic E-state index is 0.0126. The fraction of sp³-hybridized carbons (Fsp3) is 0.538. The van der Waals surface area contributed by atoms with Crippen LogP contribution in [-0.4, -0.2) is 26.2 Å². The van der Waals surface area contributed by atoms with Crippen molar-refractivity contribution in [3.8, 4) is 0 Å². The number of sulfonamides is 1. The molecule has 2 atom stereocenters. The highest BCUT2D eigenvalue weighted by atomic mass is 35.5. The molecule has 4 N–H and O–H groups in total. The van der Waals surface area contributed by atoms with Crippen LogP contribution in [0, 0.1) is 5.92 Å². The summed E-state index contributed by atoms with van der Waals surface area (Å²) in [6.07, 6.45) is 3.52. The van der Waals surface area contributed by atoms with Gasteiger partial charge in [0.05, 0.1) is 5.02 Å². The number of aliphatic hydroxyl groups is 1. The zero-order chi connectivity index (χ0) is 14.8. The van der Waals surface area contributed by atoms with Gasteiger partial charge in [-0.15, -0.1) is 0 Å². The van der Waals surface area contributed by atoms with Crippen LogP contribution in [0.5, 0.6) is 0 Å². The third-order valence-corrected chi connectivity index (χ3v) is 5.67. The summed E-state index contributed by atoms with van der Waals surface area (Å²) >= 11 is 5.94. The van der Waals surface area contributed by atoms with Gasteiger partial charge in [0.25, 0.3) is 0 Å². The first kappa shape index (κ1) is 15.6. The first-order valence-electron chi connectivity index (χ1n) is 6.62. The van der Waals surface area contributed by atoms with Gasteiger partial charge in [-0.25, -0.2) is 13.1 Å². The monoisotopic (exact) mass is 318 g/mol. The minimum atomic E-state index is -3.73. The number of rotatable bonds is 4. The maximum absolute atomic E-state index is 12.4. The SMILES string of the molecule is Nc1ccc(Cl)c(S(=O)(=O)NC2CCCCC2CO)c1. The van der Waals surface area contributed by atoms with Crippen molar-refractivity contribution in [3.05, 3.63) is 23.2 Å². The molecule has 0 spiro atoms. The van der Waals surface area contributed by atoms with Gasteiger partial charge in [-0.2, -0.15) is 0 Å². The van der Waals surface area contributed by atoms with E-state index in [-0.39, 0.29) is 28.5 Å². The van der Waals surface area contributed by atoms with Gasteiger partial charge in [0.1, 0.15) is 4.90 Å². The lowest BCUT2D eigenvalue weighted by Gasteiger charge is -2.30. The van der Waals surface area contributed by atoms with Crippen molar-refractivity contribution >= 4 is 27.3 Å². The molecule has 2 unspecified atom stereocenters. The van der Waals surface area contributed by atoms with Crippen LogP contribution in [0.25, 0.3) is 0 Å². The molecule has 0 radical (unpaired) electrons. The molecule has 1 aliphatic carbocycles. The average Bonchev–Trinajstić information content (AvgIpc) is 2.41. The second kappa shape index (κ2) is 6.30. The number of nitrogens with one attached hydrogen (secondary N) is 1. The predicted molar refractivity (Wildman–Crippen MR) is 79.0 cm³/mol. The molecule has 20 heavy (non-hydrogen) atoms. The fourth-order valence-corrected chi connectivity index (χ4v) is 4.44. The summed E-state index contributed by atoms with van der Waals surface area (Å²) in [4.78, 5) is -0.0126. The number of halogens is 1. The van der Waals surface area contributed by atoms with E-state index in [0.717, 1.165) is 25.7 Å². The molecule has 5 nitrogen and oxygen atoms in total. The summed E-state index contributed by atoms with van der Waals surface area (Å²) in [7, 11) is -3.73. The van der Waals surface area contributed by atoms with Gasteiger partial charge in [-0.05, 0) is 37.0 Å². The normalized spacial score (nSPS) is 23.7. The highest BCUT2D eigenvalue weighted by Gasteiger charge is 2.30. The molecule has 1 aromatic rings. The Kier molecular flexibility index (Phi) is 4.90. The molecule has 0 aromatic heterocycles. The third kappa shape index (κ3) is 3.44. The van der Waals surface area contributed by atoms with Crippen molar-refractivity contribution in [1.82, 2.24) is 4.72 Å². The number of hydrogen-bond donors (Lipinski definition) is 3. The number of aliphatic hydroxyl groups excluding tert-OH is 1. The molecule has 2 rings (SSSR count). The Morgan fingerprint density at radius 3 is 2.75 bits per heavy atom. The van der Waals surface area contributed by atoms with Crippen LogP contribution in [0.15, 0.2) is 23.1 Å². The molecular formula is C13H19ClN2O3S. The van der Waals surface area contributed by atoms with Gasteiger partial charge >= 0.3 is 0 Å². The summed E-state index contributed by atoms with van der Waals surface area (Å²) in [5, 5.41) is 9.49. The summed E-state index contributed by atoms with van der Waals surface area (Å²) in [5.74, 6) is -0.0432. The molecule has 1 aliphatic rings. The fourth-order valence-electron chi connectivity index (χ4n) is 2.57. The molecule has 0 bridgehead atoms. The van der Waals surface area contributed by atoms with Crippen LogP contribution in [-0.2, 0) is 10.0 Å². The van der Waals surface area contributed by atoms with E-state index in [0.29, 0.717) is 5.69 Å². The van der Waals surface area contributed by atoms with Crippen molar-refractivity contribution in [2.45, 2.75) is 36.6 Å². The van der Waals surface area contributed by atoms with Crippen molar-refractivity contribution in [1.29, 1.82) is 0 Å². The second-order valence-corrected chi connectivity index (χ2v) is 7.23. The van der Waals surface area contributed by atoms with Crippen molar-refractivity contribution in [2.75, 3.05) is 12.3 Å². The summed E-state index contributed by atoms with van der Waals surface area (Å²) in [6, 6.07) is 4.12. The highest BCUT2D eigenvalue weighted by Crippen LogP contribution is 2.28. The lowest BCUT2D eigenvalue weighted by Crippen LogP contribution is -2.43. The Hall–Kier alpha value is -0.820. The van der Waals surface area contributed by atoms with Gasteiger partial charge in [0, 0.05) is 18.3 Å². The first-order chi connectivity index (χ1) is 9.44. The number of anilines is 1. The topological polar surface area (TPSA) is 92.4 Å². The quantitative estimate of drug-likeness (QED) is 0.737. The molecule has 0 amide bonds. The van der Waals surface area contributed by atoms with E-state index in [4.69, 9.17) is 17.3 Å². The van der Waals surface area contributed by atoms with E-state index in [9.17, 15) is 13.5 Å². The molecule has 7 heteroatoms. The van der Waals surface area contributed by atoms with Gasteiger partial charge in [-0.3, -0.25) is 0 Å². The number of hydrogen-bond acceptors (Lipinski definition) is 4. The Labute approximate surface area is 124 Å². The van der Waals surface area contributed by atoms with Gasteiger partial charge in [0.2, 0.25) is 10.0 Å². The van der Waals surface area contributed by atoms with Gasteiger partial charge < -0.3 is 10.8 Å². The molecule has 1 fully saturated rings. The number of nitrogens with two attached hydrogens (primary N) is 1. The largest absolute Gasteiger partial charge is 0.399 e. The Balaban J connectivity index is 2.24. The zero-order valence-corrected chi connectivity index (χ0v) is 12.6. The van der Waals surface area contributed by atoms with Crippen molar-refractivity contribution in [2.24, 2.45) is 5.92 Å². The second-order valence-electron chi connectivity index (χ2n) is 5.14. The lowest BCUT2D eigenvalue weighted by molar-refractivity contribution is 0.164. The summed E-state index contributed by atoms with van der Waals surface area (Å²) < 4.78 is 27.5. The molecule has 1 saturated carbocycles. The van der Waals surface area contributed by atoms with E-state index in [1.165, 1.54) is 12.1 Å². The number of benzene rings is 1. The highest BCUT2D eigenvalue weighted by molar-refractivity contribution is 7.89. The molecular weight excluding hydrogens is 300 g/mol. The van der Waals surface area contributed by atoms with Crippen molar-refractivity contribution < 1.29 is 13.5 Å². The minimum Gasteiger partial charge on any atom is -0.399 e. The first-order valence-corrected chi connectivity index (χ1v) is 8.48. The Bertz CT molecular complexity index is 577. The standard InChI is InChI=1S/C13H19ClN2O3S/c14-11-6-5-10(15)7-13(11)20(18,19)16-12-4-2-1-3-9(12)8-17/h5-7,9,12,16-17H,1-4,8,15H2. The van der Waals surface area contributed by atoms with Crippen LogP contribution in [0.2, 0.25) is 5.02 Å². The van der Waals surface area contributed by atoms with Crippen LogP contribution in [0.3, 0.4) is 0 Å². The smallest absolute Gasteiger partial charge is 0.242 e. The van der Waals surface area contributed by atoms with Crippen LogP contribution in [0.4, 0.5) is 5.69 Å². The molecule has 1 aromatic carbocycles. The van der Waals surface area contributed by atoms with E-state index in [1.807, 2.05) is 0 Å². The molecule has 0 heterocycles. The molecule has 112 valence electrons. The maximum Gasteiger partial charge on any atom is 0.242 e. The van der Waals surface area contributed by atoms with Gasteiger partial charge in [-0.1, -0.05) is 24.4 Å². The third-order valence-electron chi connectivity index (χ3n) is 3.69. The van der Waals surface area contributed by atoms with E-state index in [2.05, 4.69) is 4.72 Å². The average molecular weight is 319 g/mol. The van der Waals surface area contributed by atoms with Crippen LogP contribution >= 0.6 is 11.6 Å². The lowest BCUT2D eigenvalue weighted by atomic mass is 9.86. The van der Waals surface area contributed by atoms with E-state index < -0.39 is 10.0 Å². The Morgan fingerprint density at radius 1 is 1.35 bits per heavy atom. The molecule has 0 aliphatic heterocycles. The van der Waals surface area contributed by atoms with Crippen LogP contribution in [0.1, 0.15) is 25.7 Å². The van der Waals surface area contributed by atoms with E-state index >= 15 is 0 Å². The maximum atomic E-state index is 12.4. The summed E-state index contributed by atoms with van der Waals surface area (Å²) in [5.41, 5.74) is 5.96. The Morgan fingerprint density at radius 2 is 2.05 bits per heavy atom. The van der Waals surface area contributed by atoms with Crippen molar-refractivity contribution in [3.63, 3.8) is 0 Å². The van der Waals surface area contributed by atoms with E-state index in [1.54, 1.807) is 6.07 Å². The van der Waals surface area contributed by atoms with Gasteiger partial charge in [0.15, 0.2) is 0 Å². The predicted octanol–water partition coefficient (Wildman–Crippen LogP) is 1.75. The van der Waals surface area contributed by atoms with Crippen LogP contribution < -0.4 is 10.5 Å². The summed E-state index contributed by atoms with van der Waals surface area (Å²) in [6.45, 7) is -0.0160.